The Balaban J connectivity index is 1.71. The van der Waals surface area contributed by atoms with Gasteiger partial charge in [0.25, 0.3) is 0 Å². The Labute approximate surface area is 104 Å². The molecule has 2 bridgehead atoms. The van der Waals surface area contributed by atoms with E-state index >= 15 is 0 Å². The van der Waals surface area contributed by atoms with Gasteiger partial charge in [-0.1, -0.05) is 0 Å². The zero-order valence-corrected chi connectivity index (χ0v) is 10.2. The topological polar surface area (TPSA) is 52.6 Å². The van der Waals surface area contributed by atoms with E-state index < -0.39 is 24.5 Å². The number of halogens is 2. The summed E-state index contributed by atoms with van der Waals surface area (Å²) in [4.78, 5) is 22.1. The Morgan fingerprint density at radius 3 is 2.50 bits per heavy atom. The van der Waals surface area contributed by atoms with Gasteiger partial charge in [0, 0.05) is 6.92 Å². The van der Waals surface area contributed by atoms with Gasteiger partial charge in [-0.25, -0.2) is 9.59 Å². The molecule has 2 fully saturated rings. The molecule has 102 valence electrons. The highest BCUT2D eigenvalue weighted by Gasteiger charge is 2.42. The summed E-state index contributed by atoms with van der Waals surface area (Å²) in [5.41, 5.74) is 0. The first-order valence-electron chi connectivity index (χ1n) is 6.11. The fourth-order valence-electron chi connectivity index (χ4n) is 2.78. The van der Waals surface area contributed by atoms with E-state index in [-0.39, 0.29) is 6.10 Å². The third kappa shape index (κ3) is 2.97. The first-order valence-corrected chi connectivity index (χ1v) is 6.11. The smallest absolute Gasteiger partial charge is 0.377 e. The minimum atomic E-state index is -3.58. The van der Waals surface area contributed by atoms with E-state index in [1.807, 2.05) is 0 Å². The van der Waals surface area contributed by atoms with E-state index in [0.717, 1.165) is 19.3 Å². The van der Waals surface area contributed by atoms with Gasteiger partial charge in [0.2, 0.25) is 0 Å². The Hall–Kier alpha value is -1.20. The van der Waals surface area contributed by atoms with E-state index in [1.165, 1.54) is 6.42 Å². The molecule has 2 saturated carbocycles. The minimum absolute atomic E-state index is 0.128. The van der Waals surface area contributed by atoms with Crippen LogP contribution >= 0.6 is 0 Å². The van der Waals surface area contributed by atoms with Gasteiger partial charge >= 0.3 is 17.9 Å². The van der Waals surface area contributed by atoms with Crippen molar-refractivity contribution in [1.82, 2.24) is 0 Å². The maximum atomic E-state index is 12.5. The summed E-state index contributed by atoms with van der Waals surface area (Å²) in [7, 11) is 0. The van der Waals surface area contributed by atoms with Crippen LogP contribution in [0.1, 0.15) is 32.6 Å². The van der Waals surface area contributed by atoms with Crippen LogP contribution in [0.15, 0.2) is 0 Å². The lowest BCUT2D eigenvalue weighted by Crippen LogP contribution is -2.31. The second kappa shape index (κ2) is 4.82. The van der Waals surface area contributed by atoms with Crippen molar-refractivity contribution in [3.63, 3.8) is 0 Å². The van der Waals surface area contributed by atoms with E-state index in [4.69, 9.17) is 4.74 Å². The van der Waals surface area contributed by atoms with Crippen LogP contribution in [-0.4, -0.2) is 30.6 Å². The van der Waals surface area contributed by atoms with E-state index in [2.05, 4.69) is 4.74 Å². The van der Waals surface area contributed by atoms with Crippen molar-refractivity contribution in [1.29, 1.82) is 0 Å². The van der Waals surface area contributed by atoms with Gasteiger partial charge in [0.1, 0.15) is 6.10 Å². The predicted octanol–water partition coefficient (Wildman–Crippen LogP) is 1.92. The van der Waals surface area contributed by atoms with Crippen molar-refractivity contribution < 1.29 is 27.8 Å². The SMILES string of the molecule is CC(F)(F)C(=O)OCC(=O)OC1CC2CCC1C2. The largest absolute Gasteiger partial charge is 0.460 e. The average molecular weight is 262 g/mol. The zero-order valence-electron chi connectivity index (χ0n) is 10.2. The summed E-state index contributed by atoms with van der Waals surface area (Å²) in [6.45, 7) is -0.313. The first kappa shape index (κ1) is 13.2. The van der Waals surface area contributed by atoms with Gasteiger partial charge in [0.15, 0.2) is 6.61 Å². The molecule has 0 N–H and O–H groups in total. The lowest BCUT2D eigenvalue weighted by molar-refractivity contribution is -0.177. The Bertz CT molecular complexity index is 350. The fraction of sp³-hybridized carbons (Fsp3) is 0.833. The number of rotatable bonds is 4. The summed E-state index contributed by atoms with van der Waals surface area (Å²) >= 11 is 0. The van der Waals surface area contributed by atoms with Crippen molar-refractivity contribution in [3.8, 4) is 0 Å². The van der Waals surface area contributed by atoms with Gasteiger partial charge in [-0.15, -0.1) is 0 Å². The zero-order chi connectivity index (χ0) is 13.3. The molecule has 0 heterocycles. The highest BCUT2D eigenvalue weighted by Crippen LogP contribution is 2.45. The molecule has 0 aromatic rings. The predicted molar refractivity (Wildman–Crippen MR) is 56.9 cm³/mol. The molecule has 4 nitrogen and oxygen atoms in total. The molecule has 2 rings (SSSR count). The molecule has 0 spiro atoms. The van der Waals surface area contributed by atoms with Gasteiger partial charge in [-0.2, -0.15) is 8.78 Å². The monoisotopic (exact) mass is 262 g/mol. The Kier molecular flexibility index (Phi) is 3.54. The van der Waals surface area contributed by atoms with Crippen molar-refractivity contribution in [3.05, 3.63) is 0 Å². The first-order chi connectivity index (χ1) is 8.36. The quantitative estimate of drug-likeness (QED) is 0.726. The summed E-state index contributed by atoms with van der Waals surface area (Å²) in [5.74, 6) is -5.01. The number of carbonyl (C=O) groups is 2. The van der Waals surface area contributed by atoms with Gasteiger partial charge in [0.05, 0.1) is 0 Å². The van der Waals surface area contributed by atoms with Crippen molar-refractivity contribution in [2.75, 3.05) is 6.61 Å². The van der Waals surface area contributed by atoms with Crippen molar-refractivity contribution in [2.45, 2.75) is 44.6 Å². The molecule has 2 aliphatic carbocycles. The summed E-state index contributed by atoms with van der Waals surface area (Å²) < 4.78 is 34.3. The molecular weight excluding hydrogens is 246 g/mol. The van der Waals surface area contributed by atoms with Crippen LogP contribution in [-0.2, 0) is 19.1 Å². The van der Waals surface area contributed by atoms with Crippen LogP contribution in [0.25, 0.3) is 0 Å². The summed E-state index contributed by atoms with van der Waals surface area (Å²) in [6, 6.07) is 0. The molecule has 0 radical (unpaired) electrons. The Morgan fingerprint density at radius 1 is 1.28 bits per heavy atom. The molecule has 0 aromatic carbocycles. The molecule has 18 heavy (non-hydrogen) atoms. The van der Waals surface area contributed by atoms with Crippen molar-refractivity contribution >= 4 is 11.9 Å². The molecule has 0 aliphatic heterocycles. The van der Waals surface area contributed by atoms with Crippen LogP contribution in [0, 0.1) is 11.8 Å². The number of esters is 2. The molecule has 3 atom stereocenters. The number of hydrogen-bond donors (Lipinski definition) is 0. The van der Waals surface area contributed by atoms with E-state index in [0.29, 0.717) is 18.8 Å². The van der Waals surface area contributed by atoms with E-state index in [9.17, 15) is 18.4 Å². The fourth-order valence-corrected chi connectivity index (χ4v) is 2.78. The maximum Gasteiger partial charge on any atom is 0.377 e. The van der Waals surface area contributed by atoms with E-state index in [1.54, 1.807) is 0 Å². The highest BCUT2D eigenvalue weighted by molar-refractivity contribution is 5.80. The number of carbonyl (C=O) groups excluding carboxylic acids is 2. The molecule has 0 amide bonds. The van der Waals surface area contributed by atoms with Gasteiger partial charge in [-0.3, -0.25) is 0 Å². The third-order valence-electron chi connectivity index (χ3n) is 3.64. The molecule has 2 aliphatic rings. The second-order valence-corrected chi connectivity index (χ2v) is 5.17. The lowest BCUT2D eigenvalue weighted by Gasteiger charge is -2.21. The number of ether oxygens (including phenoxy) is 2. The van der Waals surface area contributed by atoms with Crippen LogP contribution < -0.4 is 0 Å². The van der Waals surface area contributed by atoms with Crippen molar-refractivity contribution in [2.24, 2.45) is 11.8 Å². The molecule has 0 saturated heterocycles. The standard InChI is InChI=1S/C12H16F2O4/c1-12(13,14)11(16)17-6-10(15)18-9-5-7-2-3-8(9)4-7/h7-9H,2-6H2,1H3. The maximum absolute atomic E-state index is 12.5. The van der Waals surface area contributed by atoms with Crippen LogP contribution in [0.4, 0.5) is 8.78 Å². The van der Waals surface area contributed by atoms with Gasteiger partial charge in [-0.05, 0) is 37.5 Å². The molecular formula is C12H16F2O4. The summed E-state index contributed by atoms with van der Waals surface area (Å²) in [6.07, 6.45) is 4.02. The molecule has 6 heteroatoms. The lowest BCUT2D eigenvalue weighted by atomic mass is 9.98. The highest BCUT2D eigenvalue weighted by atomic mass is 19.3. The minimum Gasteiger partial charge on any atom is -0.460 e. The number of alkyl halides is 2. The second-order valence-electron chi connectivity index (χ2n) is 5.17. The van der Waals surface area contributed by atoms with Crippen LogP contribution in [0.3, 0.4) is 0 Å². The van der Waals surface area contributed by atoms with Crippen LogP contribution in [0.5, 0.6) is 0 Å². The third-order valence-corrected chi connectivity index (χ3v) is 3.64. The number of fused-ring (bicyclic) bond motifs is 2. The molecule has 3 unspecified atom stereocenters. The van der Waals surface area contributed by atoms with Gasteiger partial charge < -0.3 is 9.47 Å². The molecule has 0 aromatic heterocycles. The van der Waals surface area contributed by atoms with Crippen LogP contribution in [0.2, 0.25) is 0 Å². The Morgan fingerprint density at radius 2 is 2.00 bits per heavy atom. The summed E-state index contributed by atoms with van der Waals surface area (Å²) in [5, 5.41) is 0. The number of hydrogen-bond acceptors (Lipinski definition) is 4. The average Bonchev–Trinajstić information content (AvgIpc) is 2.86. The normalized spacial score (nSPS) is 30.3.